The predicted molar refractivity (Wildman–Crippen MR) is 136 cm³/mol. The summed E-state index contributed by atoms with van der Waals surface area (Å²) in [5.41, 5.74) is 2.25. The zero-order valence-electron chi connectivity index (χ0n) is 20.0. The van der Waals surface area contributed by atoms with Gasteiger partial charge in [0, 0.05) is 29.2 Å². The monoisotopic (exact) mass is 524 g/mol. The van der Waals surface area contributed by atoms with Gasteiger partial charge in [-0.05, 0) is 61.4 Å². The number of aryl methyl sites for hydroxylation is 1. The Morgan fingerprint density at radius 3 is 2.68 bits per heavy atom. The van der Waals surface area contributed by atoms with E-state index < -0.39 is 5.97 Å². The molecule has 0 unspecified atom stereocenters. The molecule has 0 aliphatic carbocycles. The largest absolute Gasteiger partial charge is 0.497 e. The van der Waals surface area contributed by atoms with Gasteiger partial charge in [-0.3, -0.25) is 14.6 Å². The lowest BCUT2D eigenvalue weighted by atomic mass is 10.1. The van der Waals surface area contributed by atoms with Crippen molar-refractivity contribution in [3.63, 3.8) is 0 Å². The Balaban J connectivity index is 1.25. The van der Waals surface area contributed by atoms with E-state index >= 15 is 0 Å². The normalized spacial score (nSPS) is 10.8. The first-order valence-electron chi connectivity index (χ1n) is 11.5. The number of halogens is 1. The lowest BCUT2D eigenvalue weighted by molar-refractivity contribution is -0.116. The maximum absolute atomic E-state index is 12.2. The number of carboxylic acid groups (broad SMARTS) is 1. The molecular weight excluding hydrogens is 500 g/mol. The summed E-state index contributed by atoms with van der Waals surface area (Å²) < 4.78 is 12.7. The third kappa shape index (κ3) is 7.07. The third-order valence-electron chi connectivity index (χ3n) is 5.40. The number of H-pyrrole nitrogens is 1. The number of aromatic carboxylic acids is 1. The van der Waals surface area contributed by atoms with Crippen LogP contribution in [0.5, 0.6) is 11.5 Å². The standard InChI is InChI=1S/C25H25ClN6O5/c1-36-19-8-6-17(7-9-19)27-24(33)4-2-3-11-32-14-18(28-31-32)15-37-23-10-5-16(26)12-20(23)21-13-22(25(34)35)30-29-21/h5-10,12-14H,2-4,11,15H2,1H3,(H,27,33)(H,29,30)(H,34,35). The molecule has 0 spiro atoms. The first kappa shape index (κ1) is 25.7. The molecule has 4 aromatic rings. The van der Waals surface area contributed by atoms with Crippen molar-refractivity contribution in [3.05, 3.63) is 71.1 Å². The van der Waals surface area contributed by atoms with Crippen molar-refractivity contribution in [1.82, 2.24) is 25.2 Å². The fourth-order valence-electron chi connectivity index (χ4n) is 3.52. The molecule has 0 saturated carbocycles. The van der Waals surface area contributed by atoms with E-state index in [4.69, 9.17) is 26.2 Å². The minimum Gasteiger partial charge on any atom is -0.497 e. The lowest BCUT2D eigenvalue weighted by Crippen LogP contribution is -2.11. The number of amides is 1. The van der Waals surface area contributed by atoms with E-state index in [9.17, 15) is 9.59 Å². The van der Waals surface area contributed by atoms with E-state index in [0.29, 0.717) is 47.1 Å². The van der Waals surface area contributed by atoms with Crippen LogP contribution in [0.3, 0.4) is 0 Å². The maximum Gasteiger partial charge on any atom is 0.353 e. The second kappa shape index (κ2) is 12.0. The Hall–Kier alpha value is -4.38. The Morgan fingerprint density at radius 1 is 1.14 bits per heavy atom. The van der Waals surface area contributed by atoms with Gasteiger partial charge >= 0.3 is 5.97 Å². The number of hydrogen-bond donors (Lipinski definition) is 3. The number of carbonyl (C=O) groups is 2. The Kier molecular flexibility index (Phi) is 8.37. The van der Waals surface area contributed by atoms with Gasteiger partial charge in [0.15, 0.2) is 0 Å². The van der Waals surface area contributed by atoms with Crippen molar-refractivity contribution < 1.29 is 24.2 Å². The van der Waals surface area contributed by atoms with Gasteiger partial charge in [0.25, 0.3) is 0 Å². The fraction of sp³-hybridized carbons (Fsp3) is 0.240. The third-order valence-corrected chi connectivity index (χ3v) is 5.64. The van der Waals surface area contributed by atoms with Crippen LogP contribution < -0.4 is 14.8 Å². The van der Waals surface area contributed by atoms with E-state index in [0.717, 1.165) is 17.9 Å². The van der Waals surface area contributed by atoms with Crippen LogP contribution in [0, 0.1) is 0 Å². The van der Waals surface area contributed by atoms with Crippen LogP contribution in [-0.4, -0.2) is 49.3 Å². The molecule has 0 atom stereocenters. The number of unbranched alkanes of at least 4 members (excludes halogenated alkanes) is 1. The average molecular weight is 525 g/mol. The number of ether oxygens (including phenoxy) is 2. The SMILES string of the molecule is COc1ccc(NC(=O)CCCCn2cc(COc3ccc(Cl)cc3-c3cc(C(=O)O)[nH]n3)nn2)cc1. The highest BCUT2D eigenvalue weighted by Gasteiger charge is 2.15. The van der Waals surface area contributed by atoms with E-state index in [1.165, 1.54) is 6.07 Å². The number of aromatic nitrogens is 5. The minimum absolute atomic E-state index is 0.0397. The summed E-state index contributed by atoms with van der Waals surface area (Å²) in [6, 6.07) is 13.6. The number of rotatable bonds is 12. The van der Waals surface area contributed by atoms with Crippen LogP contribution in [0.4, 0.5) is 5.69 Å². The summed E-state index contributed by atoms with van der Waals surface area (Å²) >= 11 is 6.12. The van der Waals surface area contributed by atoms with Crippen molar-refractivity contribution in [2.75, 3.05) is 12.4 Å². The van der Waals surface area contributed by atoms with Crippen molar-refractivity contribution in [2.24, 2.45) is 0 Å². The number of nitrogens with one attached hydrogen (secondary N) is 2. The summed E-state index contributed by atoms with van der Waals surface area (Å²) in [6.45, 7) is 0.759. The topological polar surface area (TPSA) is 144 Å². The van der Waals surface area contributed by atoms with Crippen LogP contribution >= 0.6 is 11.6 Å². The molecule has 0 saturated heterocycles. The number of hydrogen-bond acceptors (Lipinski definition) is 7. The molecule has 2 aromatic carbocycles. The number of carbonyl (C=O) groups excluding carboxylic acids is 1. The highest BCUT2D eigenvalue weighted by molar-refractivity contribution is 6.31. The lowest BCUT2D eigenvalue weighted by Gasteiger charge is -2.09. The molecule has 12 heteroatoms. The zero-order chi connectivity index (χ0) is 26.2. The Bertz CT molecular complexity index is 1370. The van der Waals surface area contributed by atoms with Crippen LogP contribution in [0.15, 0.2) is 54.7 Å². The van der Waals surface area contributed by atoms with E-state index in [1.807, 2.05) is 0 Å². The Labute approximate surface area is 217 Å². The first-order chi connectivity index (χ1) is 17.9. The van der Waals surface area contributed by atoms with E-state index in [1.54, 1.807) is 60.5 Å². The van der Waals surface area contributed by atoms with Gasteiger partial charge in [0.1, 0.15) is 29.5 Å². The highest BCUT2D eigenvalue weighted by Crippen LogP contribution is 2.32. The van der Waals surface area contributed by atoms with Crippen molar-refractivity contribution in [3.8, 4) is 22.8 Å². The zero-order valence-corrected chi connectivity index (χ0v) is 20.7. The molecule has 11 nitrogen and oxygen atoms in total. The second-order valence-electron chi connectivity index (χ2n) is 8.11. The summed E-state index contributed by atoms with van der Waals surface area (Å²) in [4.78, 5) is 23.3. The maximum atomic E-state index is 12.2. The molecule has 2 aromatic heterocycles. The van der Waals surface area contributed by atoms with Crippen molar-refractivity contribution in [1.29, 1.82) is 0 Å². The molecule has 37 heavy (non-hydrogen) atoms. The van der Waals surface area contributed by atoms with E-state index in [2.05, 4.69) is 25.8 Å². The number of carboxylic acids is 1. The van der Waals surface area contributed by atoms with Gasteiger partial charge in [-0.2, -0.15) is 5.10 Å². The summed E-state index contributed by atoms with van der Waals surface area (Å²) in [6.07, 6.45) is 3.63. The molecular formula is C25H25ClN6O5. The molecule has 1 amide bonds. The molecule has 3 N–H and O–H groups in total. The van der Waals surface area contributed by atoms with Crippen molar-refractivity contribution >= 4 is 29.2 Å². The van der Waals surface area contributed by atoms with Crippen LogP contribution in [-0.2, 0) is 17.9 Å². The first-order valence-corrected chi connectivity index (χ1v) is 11.8. The summed E-state index contributed by atoms with van der Waals surface area (Å²) in [5, 5.41) is 27.2. The molecule has 0 aliphatic rings. The number of aromatic amines is 1. The fourth-order valence-corrected chi connectivity index (χ4v) is 3.69. The molecule has 0 aliphatic heterocycles. The van der Waals surface area contributed by atoms with Gasteiger partial charge in [0.2, 0.25) is 5.91 Å². The number of benzene rings is 2. The van der Waals surface area contributed by atoms with E-state index in [-0.39, 0.29) is 18.2 Å². The van der Waals surface area contributed by atoms with Gasteiger partial charge in [0.05, 0.1) is 19.0 Å². The predicted octanol–water partition coefficient (Wildman–Crippen LogP) is 4.42. The number of methoxy groups -OCH3 is 1. The molecule has 0 bridgehead atoms. The van der Waals surface area contributed by atoms with Gasteiger partial charge in [-0.25, -0.2) is 4.79 Å². The number of nitrogens with zero attached hydrogens (tertiary/aromatic N) is 4. The molecule has 0 radical (unpaired) electrons. The smallest absolute Gasteiger partial charge is 0.353 e. The molecule has 0 fully saturated rings. The minimum atomic E-state index is -1.11. The number of anilines is 1. The van der Waals surface area contributed by atoms with Crippen LogP contribution in [0.1, 0.15) is 35.4 Å². The molecule has 2 heterocycles. The molecule has 192 valence electrons. The summed E-state index contributed by atoms with van der Waals surface area (Å²) in [7, 11) is 1.59. The molecule has 4 rings (SSSR count). The average Bonchev–Trinajstić information content (AvgIpc) is 3.56. The van der Waals surface area contributed by atoms with Gasteiger partial charge < -0.3 is 19.9 Å². The van der Waals surface area contributed by atoms with Crippen molar-refractivity contribution in [2.45, 2.75) is 32.4 Å². The van der Waals surface area contributed by atoms with Crippen LogP contribution in [0.25, 0.3) is 11.3 Å². The second-order valence-corrected chi connectivity index (χ2v) is 8.54. The van der Waals surface area contributed by atoms with Crippen LogP contribution in [0.2, 0.25) is 5.02 Å². The quantitative estimate of drug-likeness (QED) is 0.231. The summed E-state index contributed by atoms with van der Waals surface area (Å²) in [5.74, 6) is 0.0446. The Morgan fingerprint density at radius 2 is 1.95 bits per heavy atom. The van der Waals surface area contributed by atoms with Gasteiger partial charge in [-0.1, -0.05) is 16.8 Å². The van der Waals surface area contributed by atoms with Gasteiger partial charge in [-0.15, -0.1) is 5.10 Å². The highest BCUT2D eigenvalue weighted by atomic mass is 35.5.